The van der Waals surface area contributed by atoms with Crippen molar-refractivity contribution in [3.63, 3.8) is 0 Å². The van der Waals surface area contributed by atoms with Crippen LogP contribution in [0.5, 0.6) is 0 Å². The third kappa shape index (κ3) is 3.13. The standard InChI is InChI=1S/C16H21NO/c1-3-5-6-16(17-9-4-2)13-7-8-14-11-18-12-15(14)10-13/h1,7-8,10,16-17H,4-6,9,11-12H2,2H3. The highest BCUT2D eigenvalue weighted by Gasteiger charge is 2.15. The summed E-state index contributed by atoms with van der Waals surface area (Å²) in [7, 11) is 0. The first-order valence-corrected chi connectivity index (χ1v) is 6.71. The van der Waals surface area contributed by atoms with E-state index in [4.69, 9.17) is 11.2 Å². The highest BCUT2D eigenvalue weighted by Crippen LogP contribution is 2.26. The Morgan fingerprint density at radius 1 is 1.39 bits per heavy atom. The fraction of sp³-hybridized carbons (Fsp3) is 0.500. The van der Waals surface area contributed by atoms with Gasteiger partial charge in [0.1, 0.15) is 0 Å². The van der Waals surface area contributed by atoms with Crippen molar-refractivity contribution in [1.82, 2.24) is 5.32 Å². The Balaban J connectivity index is 2.11. The summed E-state index contributed by atoms with van der Waals surface area (Å²) < 4.78 is 5.46. The average Bonchev–Trinajstić information content (AvgIpc) is 2.86. The number of fused-ring (bicyclic) bond motifs is 1. The number of hydrogen-bond donors (Lipinski definition) is 1. The van der Waals surface area contributed by atoms with Crippen LogP contribution in [0.15, 0.2) is 18.2 Å². The molecule has 1 aliphatic heterocycles. The molecule has 1 unspecified atom stereocenters. The Kier molecular flexibility index (Phi) is 4.81. The summed E-state index contributed by atoms with van der Waals surface area (Å²) in [5.74, 6) is 2.73. The second-order valence-corrected chi connectivity index (χ2v) is 4.77. The van der Waals surface area contributed by atoms with Crippen LogP contribution in [0.2, 0.25) is 0 Å². The lowest BCUT2D eigenvalue weighted by atomic mass is 9.98. The molecule has 0 amide bonds. The molecule has 0 aliphatic carbocycles. The van der Waals surface area contributed by atoms with E-state index < -0.39 is 0 Å². The average molecular weight is 243 g/mol. The number of nitrogens with one attached hydrogen (secondary N) is 1. The number of benzene rings is 1. The maximum atomic E-state index is 5.46. The first-order valence-electron chi connectivity index (χ1n) is 6.71. The van der Waals surface area contributed by atoms with Gasteiger partial charge in [-0.1, -0.05) is 25.1 Å². The van der Waals surface area contributed by atoms with Crippen molar-refractivity contribution in [3.8, 4) is 12.3 Å². The minimum Gasteiger partial charge on any atom is -0.372 e. The zero-order valence-corrected chi connectivity index (χ0v) is 11.0. The van der Waals surface area contributed by atoms with E-state index in [2.05, 4.69) is 36.4 Å². The van der Waals surface area contributed by atoms with Gasteiger partial charge in [-0.3, -0.25) is 0 Å². The molecule has 1 heterocycles. The van der Waals surface area contributed by atoms with Crippen molar-refractivity contribution < 1.29 is 4.74 Å². The molecule has 18 heavy (non-hydrogen) atoms. The molecule has 0 saturated heterocycles. The molecular weight excluding hydrogens is 222 g/mol. The second kappa shape index (κ2) is 6.58. The summed E-state index contributed by atoms with van der Waals surface area (Å²) in [5, 5.41) is 3.58. The Bertz CT molecular complexity index is 433. The molecule has 0 spiro atoms. The van der Waals surface area contributed by atoms with Gasteiger partial charge in [-0.05, 0) is 36.1 Å². The van der Waals surface area contributed by atoms with Gasteiger partial charge < -0.3 is 10.1 Å². The van der Waals surface area contributed by atoms with E-state index in [-0.39, 0.29) is 0 Å². The van der Waals surface area contributed by atoms with Crippen molar-refractivity contribution >= 4 is 0 Å². The van der Waals surface area contributed by atoms with Crippen molar-refractivity contribution in [2.24, 2.45) is 0 Å². The molecular formula is C16H21NO. The molecule has 0 bridgehead atoms. The van der Waals surface area contributed by atoms with Gasteiger partial charge in [0.25, 0.3) is 0 Å². The van der Waals surface area contributed by atoms with Crippen LogP contribution in [-0.4, -0.2) is 6.54 Å². The van der Waals surface area contributed by atoms with Crippen molar-refractivity contribution in [1.29, 1.82) is 0 Å². The first kappa shape index (κ1) is 13.1. The lowest BCUT2D eigenvalue weighted by Gasteiger charge is -2.18. The number of rotatable bonds is 6. The molecule has 0 radical (unpaired) electrons. The van der Waals surface area contributed by atoms with Gasteiger partial charge in [-0.25, -0.2) is 0 Å². The first-order chi connectivity index (χ1) is 8.85. The van der Waals surface area contributed by atoms with E-state index in [0.29, 0.717) is 6.04 Å². The van der Waals surface area contributed by atoms with Gasteiger partial charge in [0.05, 0.1) is 13.2 Å². The van der Waals surface area contributed by atoms with Crippen molar-refractivity contribution in [2.75, 3.05) is 6.54 Å². The smallest absolute Gasteiger partial charge is 0.0725 e. The molecule has 0 fully saturated rings. The fourth-order valence-corrected chi connectivity index (χ4v) is 2.34. The predicted molar refractivity (Wildman–Crippen MR) is 74.0 cm³/mol. The van der Waals surface area contributed by atoms with Crippen LogP contribution in [0, 0.1) is 12.3 Å². The molecule has 2 heteroatoms. The van der Waals surface area contributed by atoms with E-state index >= 15 is 0 Å². The van der Waals surface area contributed by atoms with Gasteiger partial charge >= 0.3 is 0 Å². The molecule has 0 saturated carbocycles. The van der Waals surface area contributed by atoms with Gasteiger partial charge in [-0.2, -0.15) is 0 Å². The van der Waals surface area contributed by atoms with Crippen molar-refractivity contribution in [3.05, 3.63) is 34.9 Å². The molecule has 1 aromatic rings. The fourth-order valence-electron chi connectivity index (χ4n) is 2.34. The molecule has 96 valence electrons. The lowest BCUT2D eigenvalue weighted by Crippen LogP contribution is -2.22. The third-order valence-electron chi connectivity index (χ3n) is 3.37. The molecule has 1 N–H and O–H groups in total. The Hall–Kier alpha value is -1.30. The van der Waals surface area contributed by atoms with E-state index in [9.17, 15) is 0 Å². The summed E-state index contributed by atoms with van der Waals surface area (Å²) in [5.41, 5.74) is 3.99. The van der Waals surface area contributed by atoms with E-state index in [1.807, 2.05) is 0 Å². The van der Waals surface area contributed by atoms with Gasteiger partial charge in [0, 0.05) is 12.5 Å². The summed E-state index contributed by atoms with van der Waals surface area (Å²) in [6, 6.07) is 7.03. The quantitative estimate of drug-likeness (QED) is 0.775. The van der Waals surface area contributed by atoms with Crippen LogP contribution < -0.4 is 5.32 Å². The highest BCUT2D eigenvalue weighted by atomic mass is 16.5. The lowest BCUT2D eigenvalue weighted by molar-refractivity contribution is 0.134. The number of terminal acetylenes is 1. The summed E-state index contributed by atoms with van der Waals surface area (Å²) in [4.78, 5) is 0. The molecule has 1 aromatic carbocycles. The third-order valence-corrected chi connectivity index (χ3v) is 3.37. The van der Waals surface area contributed by atoms with Gasteiger partial charge in [0.15, 0.2) is 0 Å². The minimum atomic E-state index is 0.367. The summed E-state index contributed by atoms with van der Waals surface area (Å²) in [6.07, 6.45) is 8.33. The van der Waals surface area contributed by atoms with Crippen LogP contribution >= 0.6 is 0 Å². The van der Waals surface area contributed by atoms with Crippen LogP contribution in [0.25, 0.3) is 0 Å². The zero-order chi connectivity index (χ0) is 12.8. The monoisotopic (exact) mass is 243 g/mol. The Morgan fingerprint density at radius 2 is 2.22 bits per heavy atom. The highest BCUT2D eigenvalue weighted by molar-refractivity contribution is 5.34. The van der Waals surface area contributed by atoms with Crippen LogP contribution in [0.1, 0.15) is 48.9 Å². The summed E-state index contributed by atoms with van der Waals surface area (Å²) >= 11 is 0. The zero-order valence-electron chi connectivity index (χ0n) is 11.0. The Morgan fingerprint density at radius 3 is 3.00 bits per heavy atom. The van der Waals surface area contributed by atoms with Crippen molar-refractivity contribution in [2.45, 2.75) is 45.4 Å². The number of hydrogen-bond acceptors (Lipinski definition) is 2. The molecule has 1 atom stereocenters. The van der Waals surface area contributed by atoms with Crippen LogP contribution in [0.3, 0.4) is 0 Å². The minimum absolute atomic E-state index is 0.367. The van der Waals surface area contributed by atoms with E-state index in [1.165, 1.54) is 16.7 Å². The van der Waals surface area contributed by atoms with Gasteiger partial charge in [-0.15, -0.1) is 12.3 Å². The molecule has 2 nitrogen and oxygen atoms in total. The SMILES string of the molecule is C#CCCC(NCCC)c1ccc2c(c1)COC2. The molecule has 2 rings (SSSR count). The normalized spacial score (nSPS) is 15.1. The predicted octanol–water partition coefficient (Wildman–Crippen LogP) is 3.17. The maximum Gasteiger partial charge on any atom is 0.0725 e. The van der Waals surface area contributed by atoms with E-state index in [1.54, 1.807) is 0 Å². The molecule has 1 aliphatic rings. The van der Waals surface area contributed by atoms with E-state index in [0.717, 1.165) is 39.0 Å². The van der Waals surface area contributed by atoms with Crippen LogP contribution in [-0.2, 0) is 18.0 Å². The molecule has 0 aromatic heterocycles. The topological polar surface area (TPSA) is 21.3 Å². The number of ether oxygens (including phenoxy) is 1. The maximum absolute atomic E-state index is 5.46. The van der Waals surface area contributed by atoms with Crippen LogP contribution in [0.4, 0.5) is 0 Å². The van der Waals surface area contributed by atoms with Gasteiger partial charge in [0.2, 0.25) is 0 Å². The largest absolute Gasteiger partial charge is 0.372 e. The second-order valence-electron chi connectivity index (χ2n) is 4.77. The Labute approximate surface area is 110 Å². The summed E-state index contributed by atoms with van der Waals surface area (Å²) in [6.45, 7) is 4.72.